The van der Waals surface area contributed by atoms with E-state index in [1.54, 1.807) is 0 Å². The van der Waals surface area contributed by atoms with Crippen molar-refractivity contribution in [3.63, 3.8) is 0 Å². The van der Waals surface area contributed by atoms with Crippen LogP contribution in [0.4, 0.5) is 0 Å². The zero-order valence-corrected chi connectivity index (χ0v) is 16.4. The van der Waals surface area contributed by atoms with E-state index in [1.165, 1.54) is 19.3 Å². The van der Waals surface area contributed by atoms with E-state index in [4.69, 9.17) is 5.73 Å². The molecule has 3 atom stereocenters. The lowest BCUT2D eigenvalue weighted by Gasteiger charge is -2.45. The van der Waals surface area contributed by atoms with Crippen LogP contribution in [0.5, 0.6) is 0 Å². The quantitative estimate of drug-likeness (QED) is 0.855. The molecule has 3 fully saturated rings. The summed E-state index contributed by atoms with van der Waals surface area (Å²) < 4.78 is 0. The van der Waals surface area contributed by atoms with Crippen LogP contribution in [-0.4, -0.2) is 41.0 Å². The molecule has 5 nitrogen and oxygen atoms in total. The Bertz CT molecular complexity index is 600. The van der Waals surface area contributed by atoms with Gasteiger partial charge in [-0.1, -0.05) is 12.5 Å². The largest absolute Gasteiger partial charge is 0.334 e. The number of amides is 1. The third-order valence-electron chi connectivity index (χ3n) is 7.09. The minimum Gasteiger partial charge on any atom is -0.334 e. The van der Waals surface area contributed by atoms with Crippen LogP contribution < -0.4 is 11.1 Å². The molecular weight excluding hydrogens is 336 g/mol. The van der Waals surface area contributed by atoms with Gasteiger partial charge in [-0.15, -0.1) is 0 Å². The third kappa shape index (κ3) is 4.35. The molecule has 3 N–H and O–H groups in total. The predicted octanol–water partition coefficient (Wildman–Crippen LogP) is 2.71. The monoisotopic (exact) mass is 370 g/mol. The number of pyridine rings is 1. The summed E-state index contributed by atoms with van der Waals surface area (Å²) in [5.41, 5.74) is 7.46. The normalized spacial score (nSPS) is 33.9. The summed E-state index contributed by atoms with van der Waals surface area (Å²) in [5, 5.41) is 3.48. The molecule has 0 radical (unpaired) electrons. The van der Waals surface area contributed by atoms with Gasteiger partial charge in [0, 0.05) is 24.2 Å². The van der Waals surface area contributed by atoms with Crippen LogP contribution >= 0.6 is 0 Å². The number of carbonyl (C=O) groups is 1. The van der Waals surface area contributed by atoms with Crippen molar-refractivity contribution in [2.24, 2.45) is 23.5 Å². The van der Waals surface area contributed by atoms with Crippen molar-refractivity contribution in [1.29, 1.82) is 0 Å². The maximum atomic E-state index is 13.7. The number of nitrogens with two attached hydrogens (primary N) is 1. The third-order valence-corrected chi connectivity index (χ3v) is 7.09. The van der Waals surface area contributed by atoms with Crippen LogP contribution in [0.2, 0.25) is 0 Å². The fraction of sp³-hybridized carbons (Fsp3) is 0.727. The Labute approximate surface area is 163 Å². The second-order valence-corrected chi connectivity index (χ2v) is 8.82. The van der Waals surface area contributed by atoms with Crippen LogP contribution in [0.1, 0.15) is 57.1 Å². The maximum absolute atomic E-state index is 13.7. The number of carbonyl (C=O) groups excluding carboxylic acids is 1. The van der Waals surface area contributed by atoms with Crippen molar-refractivity contribution in [3.05, 3.63) is 30.1 Å². The Morgan fingerprint density at radius 1 is 1.11 bits per heavy atom. The van der Waals surface area contributed by atoms with E-state index < -0.39 is 0 Å². The van der Waals surface area contributed by atoms with Gasteiger partial charge < -0.3 is 16.0 Å². The minimum atomic E-state index is 0.153. The van der Waals surface area contributed by atoms with E-state index in [0.717, 1.165) is 50.9 Å². The molecule has 2 heterocycles. The number of aromatic nitrogens is 1. The molecule has 5 heteroatoms. The summed E-state index contributed by atoms with van der Waals surface area (Å²) in [4.78, 5) is 20.4. The molecule has 1 aromatic rings. The summed E-state index contributed by atoms with van der Waals surface area (Å²) in [6.07, 6.45) is 10.8. The lowest BCUT2D eigenvalue weighted by Crippen LogP contribution is -2.51. The van der Waals surface area contributed by atoms with Crippen molar-refractivity contribution < 1.29 is 4.79 Å². The van der Waals surface area contributed by atoms with Crippen LogP contribution in [0.25, 0.3) is 0 Å². The molecule has 0 aromatic carbocycles. The van der Waals surface area contributed by atoms with Crippen LogP contribution in [0, 0.1) is 17.8 Å². The molecule has 3 aliphatic rings. The number of nitrogens with one attached hydrogen (secondary N) is 1. The van der Waals surface area contributed by atoms with E-state index in [9.17, 15) is 4.79 Å². The van der Waals surface area contributed by atoms with E-state index in [0.29, 0.717) is 36.4 Å². The minimum absolute atomic E-state index is 0.153. The first kappa shape index (κ1) is 18.9. The van der Waals surface area contributed by atoms with Gasteiger partial charge in [-0.2, -0.15) is 0 Å². The van der Waals surface area contributed by atoms with E-state index in [1.807, 2.05) is 24.4 Å². The fourth-order valence-corrected chi connectivity index (χ4v) is 5.59. The average Bonchev–Trinajstić information content (AvgIpc) is 2.95. The number of nitrogens with zero attached hydrogens (tertiary/aromatic N) is 2. The number of fused-ring (bicyclic) bond motifs is 2. The predicted molar refractivity (Wildman–Crippen MR) is 107 cm³/mol. The summed E-state index contributed by atoms with van der Waals surface area (Å²) >= 11 is 0. The van der Waals surface area contributed by atoms with Crippen molar-refractivity contribution in [2.45, 2.75) is 70.0 Å². The van der Waals surface area contributed by atoms with Crippen molar-refractivity contribution in [3.8, 4) is 0 Å². The molecule has 2 saturated carbocycles. The summed E-state index contributed by atoms with van der Waals surface area (Å²) in [6, 6.07) is 6.64. The Balaban J connectivity index is 1.52. The van der Waals surface area contributed by atoms with Crippen LogP contribution in [0.15, 0.2) is 24.4 Å². The summed E-state index contributed by atoms with van der Waals surface area (Å²) in [6.45, 7) is 2.70. The molecule has 2 aliphatic carbocycles. The Hall–Kier alpha value is -1.46. The first-order chi connectivity index (χ1) is 13.2. The van der Waals surface area contributed by atoms with Gasteiger partial charge >= 0.3 is 0 Å². The van der Waals surface area contributed by atoms with Crippen LogP contribution in [-0.2, 0) is 11.3 Å². The number of hydrogen-bond donors (Lipinski definition) is 2. The highest BCUT2D eigenvalue weighted by Crippen LogP contribution is 2.42. The molecule has 4 rings (SSSR count). The van der Waals surface area contributed by atoms with Crippen molar-refractivity contribution >= 4 is 5.91 Å². The van der Waals surface area contributed by atoms with Gasteiger partial charge in [-0.3, -0.25) is 9.78 Å². The molecule has 1 amide bonds. The molecular formula is C22H34N4O. The molecule has 0 spiro atoms. The molecule has 1 aliphatic heterocycles. The van der Waals surface area contributed by atoms with Gasteiger partial charge in [0.15, 0.2) is 0 Å². The van der Waals surface area contributed by atoms with Crippen molar-refractivity contribution in [2.75, 3.05) is 13.1 Å². The fourth-order valence-electron chi connectivity index (χ4n) is 5.59. The highest BCUT2D eigenvalue weighted by Gasteiger charge is 2.42. The zero-order valence-electron chi connectivity index (χ0n) is 16.4. The Morgan fingerprint density at radius 3 is 2.67 bits per heavy atom. The molecule has 3 unspecified atom stereocenters. The average molecular weight is 371 g/mol. The van der Waals surface area contributed by atoms with E-state index in [-0.39, 0.29) is 5.92 Å². The van der Waals surface area contributed by atoms with E-state index >= 15 is 0 Å². The molecule has 2 bridgehead atoms. The van der Waals surface area contributed by atoms with Gasteiger partial charge in [0.1, 0.15) is 0 Å². The summed E-state index contributed by atoms with van der Waals surface area (Å²) in [5.74, 6) is 1.59. The van der Waals surface area contributed by atoms with Gasteiger partial charge in [-0.25, -0.2) is 0 Å². The molecule has 27 heavy (non-hydrogen) atoms. The zero-order chi connectivity index (χ0) is 18.6. The highest BCUT2D eigenvalue weighted by molar-refractivity contribution is 5.79. The second-order valence-electron chi connectivity index (χ2n) is 8.82. The lowest BCUT2D eigenvalue weighted by molar-refractivity contribution is -0.142. The van der Waals surface area contributed by atoms with Gasteiger partial charge in [-0.05, 0) is 82.0 Å². The SMILES string of the molecule is NC1C2CCCC1CC(C(=O)N(Cc1ccccn1)C1CCCNCC1)C2. The van der Waals surface area contributed by atoms with Crippen molar-refractivity contribution in [1.82, 2.24) is 15.2 Å². The first-order valence-corrected chi connectivity index (χ1v) is 10.9. The second kappa shape index (κ2) is 8.70. The molecule has 148 valence electrons. The Kier molecular flexibility index (Phi) is 6.08. The van der Waals surface area contributed by atoms with Crippen LogP contribution in [0.3, 0.4) is 0 Å². The van der Waals surface area contributed by atoms with Gasteiger partial charge in [0.05, 0.1) is 12.2 Å². The maximum Gasteiger partial charge on any atom is 0.226 e. The number of hydrogen-bond acceptors (Lipinski definition) is 4. The molecule has 1 aromatic heterocycles. The number of rotatable bonds is 4. The lowest BCUT2D eigenvalue weighted by atomic mass is 9.65. The highest BCUT2D eigenvalue weighted by atomic mass is 16.2. The smallest absolute Gasteiger partial charge is 0.226 e. The van der Waals surface area contributed by atoms with Gasteiger partial charge in [0.2, 0.25) is 5.91 Å². The first-order valence-electron chi connectivity index (χ1n) is 10.9. The topological polar surface area (TPSA) is 71.2 Å². The summed E-state index contributed by atoms with van der Waals surface area (Å²) in [7, 11) is 0. The van der Waals surface area contributed by atoms with E-state index in [2.05, 4.69) is 15.2 Å². The molecule has 1 saturated heterocycles. The van der Waals surface area contributed by atoms with Gasteiger partial charge in [0.25, 0.3) is 0 Å². The standard InChI is InChI=1S/C22H34N4O/c23-21-16-5-3-6-17(21)14-18(13-16)22(27)26(15-19-7-1-2-11-25-19)20-8-4-10-24-12-9-20/h1-2,7,11,16-18,20-21,24H,3-6,8-10,12-15,23H2. The Morgan fingerprint density at radius 2 is 1.93 bits per heavy atom.